The van der Waals surface area contributed by atoms with Crippen LogP contribution in [-0.2, 0) is 0 Å². The minimum absolute atomic E-state index is 0.787. The summed E-state index contributed by atoms with van der Waals surface area (Å²) in [6.45, 7) is 12.9. The van der Waals surface area contributed by atoms with Crippen LogP contribution in [0.15, 0.2) is 115 Å². The van der Waals surface area contributed by atoms with Gasteiger partial charge in [0, 0.05) is 23.6 Å². The van der Waals surface area contributed by atoms with Crippen molar-refractivity contribution >= 4 is 27.7 Å². The summed E-state index contributed by atoms with van der Waals surface area (Å²) in [5, 5.41) is 9.47. The van der Waals surface area contributed by atoms with Crippen LogP contribution in [0.1, 0.15) is 31.9 Å². The molecule has 0 radical (unpaired) electrons. The number of fused-ring (bicyclic) bond motifs is 1. The van der Waals surface area contributed by atoms with E-state index in [1.807, 2.05) is 6.08 Å². The van der Waals surface area contributed by atoms with Gasteiger partial charge in [0.25, 0.3) is 0 Å². The Morgan fingerprint density at radius 2 is 1.70 bits per heavy atom. The quantitative estimate of drug-likeness (QED) is 0.330. The van der Waals surface area contributed by atoms with Crippen LogP contribution in [0.5, 0.6) is 0 Å². The standard InChI is InChI=1S/C31H34N2/c1-6-8-9-21-32-25(5)13-19-30(23(3)7-2)26-14-16-28(17-15-26)33-29-18-20-31-24(4)11-10-12-27(31)22-29/h6-20,22,32-33H,1,21H2,2-5H3/b9-8-,23-7-,25-13+,30-19+. The Balaban J connectivity index is 1.78. The molecule has 0 amide bonds. The van der Waals surface area contributed by atoms with Gasteiger partial charge in [-0.1, -0.05) is 73.4 Å². The van der Waals surface area contributed by atoms with E-state index in [2.05, 4.69) is 130 Å². The molecule has 0 bridgehead atoms. The molecule has 2 heteroatoms. The number of hydrogen-bond acceptors (Lipinski definition) is 2. The minimum Gasteiger partial charge on any atom is -0.385 e. The van der Waals surface area contributed by atoms with Gasteiger partial charge in [0.05, 0.1) is 0 Å². The summed E-state index contributed by atoms with van der Waals surface area (Å²) >= 11 is 0. The van der Waals surface area contributed by atoms with Crippen molar-refractivity contribution in [3.05, 3.63) is 126 Å². The van der Waals surface area contributed by atoms with E-state index in [1.54, 1.807) is 6.08 Å². The fourth-order valence-corrected chi connectivity index (χ4v) is 3.69. The predicted molar refractivity (Wildman–Crippen MR) is 147 cm³/mol. The van der Waals surface area contributed by atoms with Crippen molar-refractivity contribution in [1.82, 2.24) is 5.32 Å². The number of anilines is 2. The molecule has 0 heterocycles. The highest BCUT2D eigenvalue weighted by atomic mass is 14.9. The number of hydrogen-bond donors (Lipinski definition) is 2. The molecule has 3 aromatic carbocycles. The van der Waals surface area contributed by atoms with E-state index >= 15 is 0 Å². The predicted octanol–water partition coefficient (Wildman–Crippen LogP) is 8.48. The lowest BCUT2D eigenvalue weighted by molar-refractivity contribution is 0.905. The summed E-state index contributed by atoms with van der Waals surface area (Å²) in [5.74, 6) is 0. The summed E-state index contributed by atoms with van der Waals surface area (Å²) in [6, 6.07) is 21.6. The summed E-state index contributed by atoms with van der Waals surface area (Å²) < 4.78 is 0. The van der Waals surface area contributed by atoms with Gasteiger partial charge in [-0.25, -0.2) is 0 Å². The van der Waals surface area contributed by atoms with Gasteiger partial charge in [-0.2, -0.15) is 0 Å². The van der Waals surface area contributed by atoms with Crippen LogP contribution >= 0.6 is 0 Å². The second-order valence-electron chi connectivity index (χ2n) is 8.16. The number of allylic oxidation sites excluding steroid dienone is 8. The molecule has 2 N–H and O–H groups in total. The van der Waals surface area contributed by atoms with Crippen LogP contribution in [0.3, 0.4) is 0 Å². The topological polar surface area (TPSA) is 24.1 Å². The SMILES string of the molecule is C=C/C=C\CN/C(C)=C/C=C(\C(C)=C/C)c1ccc(Nc2ccc3c(C)cccc3c2)cc1. The molecule has 0 aliphatic heterocycles. The normalized spacial score (nSPS) is 12.9. The van der Waals surface area contributed by atoms with Gasteiger partial charge >= 0.3 is 0 Å². The first kappa shape index (κ1) is 23.9. The Morgan fingerprint density at radius 1 is 0.939 bits per heavy atom. The first-order valence-electron chi connectivity index (χ1n) is 11.4. The number of rotatable bonds is 9. The molecule has 0 aromatic heterocycles. The molecule has 0 atom stereocenters. The fraction of sp³-hybridized carbons (Fsp3) is 0.161. The van der Waals surface area contributed by atoms with Gasteiger partial charge in [0.1, 0.15) is 0 Å². The van der Waals surface area contributed by atoms with Crippen LogP contribution in [0.4, 0.5) is 11.4 Å². The zero-order chi connectivity index (χ0) is 23.6. The molecule has 0 spiro atoms. The fourth-order valence-electron chi connectivity index (χ4n) is 3.69. The maximum atomic E-state index is 3.69. The second-order valence-corrected chi connectivity index (χ2v) is 8.16. The summed E-state index contributed by atoms with van der Waals surface area (Å²) in [7, 11) is 0. The van der Waals surface area contributed by atoms with Crippen molar-refractivity contribution in [3.63, 3.8) is 0 Å². The second kappa shape index (κ2) is 11.7. The third kappa shape index (κ3) is 6.60. The largest absolute Gasteiger partial charge is 0.385 e. The van der Waals surface area contributed by atoms with Crippen LogP contribution in [0.25, 0.3) is 16.3 Å². The molecule has 3 rings (SSSR count). The average Bonchev–Trinajstić information content (AvgIpc) is 2.83. The van der Waals surface area contributed by atoms with Crippen molar-refractivity contribution < 1.29 is 0 Å². The Labute approximate surface area is 198 Å². The molecule has 33 heavy (non-hydrogen) atoms. The highest BCUT2D eigenvalue weighted by Gasteiger charge is 2.05. The number of nitrogens with one attached hydrogen (secondary N) is 2. The molecule has 2 nitrogen and oxygen atoms in total. The van der Waals surface area contributed by atoms with Gasteiger partial charge in [-0.05, 0) is 91.1 Å². The molecular weight excluding hydrogens is 400 g/mol. The molecule has 3 aromatic rings. The lowest BCUT2D eigenvalue weighted by Gasteiger charge is -2.12. The van der Waals surface area contributed by atoms with E-state index in [4.69, 9.17) is 0 Å². The van der Waals surface area contributed by atoms with Gasteiger partial charge in [0.2, 0.25) is 0 Å². The van der Waals surface area contributed by atoms with Crippen LogP contribution in [-0.4, -0.2) is 6.54 Å². The highest BCUT2D eigenvalue weighted by molar-refractivity contribution is 5.89. The molecule has 0 aliphatic carbocycles. The average molecular weight is 435 g/mol. The minimum atomic E-state index is 0.787. The summed E-state index contributed by atoms with van der Waals surface area (Å²) in [5.41, 5.74) is 8.25. The highest BCUT2D eigenvalue weighted by Crippen LogP contribution is 2.27. The lowest BCUT2D eigenvalue weighted by Crippen LogP contribution is -2.09. The molecule has 0 aliphatic rings. The Kier molecular flexibility index (Phi) is 8.49. The van der Waals surface area contributed by atoms with Crippen molar-refractivity contribution in [1.29, 1.82) is 0 Å². The smallest absolute Gasteiger partial charge is 0.0390 e. The molecule has 0 fully saturated rings. The van der Waals surface area contributed by atoms with Crippen molar-refractivity contribution in [2.45, 2.75) is 27.7 Å². The molecular formula is C31H34N2. The monoisotopic (exact) mass is 434 g/mol. The maximum absolute atomic E-state index is 3.69. The Morgan fingerprint density at radius 3 is 2.42 bits per heavy atom. The Bertz CT molecular complexity index is 1220. The van der Waals surface area contributed by atoms with Gasteiger partial charge in [-0.15, -0.1) is 0 Å². The van der Waals surface area contributed by atoms with E-state index < -0.39 is 0 Å². The lowest BCUT2D eigenvalue weighted by atomic mass is 9.98. The van der Waals surface area contributed by atoms with Gasteiger partial charge in [0.15, 0.2) is 0 Å². The zero-order valence-corrected chi connectivity index (χ0v) is 20.2. The van der Waals surface area contributed by atoms with E-state index in [0.29, 0.717) is 0 Å². The zero-order valence-electron chi connectivity index (χ0n) is 20.2. The molecule has 0 saturated heterocycles. The number of aryl methyl sites for hydroxylation is 1. The molecule has 0 unspecified atom stereocenters. The first-order valence-corrected chi connectivity index (χ1v) is 11.4. The Hall–Kier alpha value is -3.78. The van der Waals surface area contributed by atoms with E-state index in [0.717, 1.165) is 23.6 Å². The van der Waals surface area contributed by atoms with Gasteiger partial charge < -0.3 is 10.6 Å². The van der Waals surface area contributed by atoms with Crippen LogP contribution in [0.2, 0.25) is 0 Å². The third-order valence-electron chi connectivity index (χ3n) is 5.71. The number of benzene rings is 3. The van der Waals surface area contributed by atoms with Gasteiger partial charge in [-0.3, -0.25) is 0 Å². The summed E-state index contributed by atoms with van der Waals surface area (Å²) in [6.07, 6.45) is 12.2. The van der Waals surface area contributed by atoms with Crippen molar-refractivity contribution in [3.8, 4) is 0 Å². The van der Waals surface area contributed by atoms with E-state index in [9.17, 15) is 0 Å². The first-order chi connectivity index (χ1) is 16.0. The van der Waals surface area contributed by atoms with Crippen LogP contribution < -0.4 is 10.6 Å². The van der Waals surface area contributed by atoms with E-state index in [-0.39, 0.29) is 0 Å². The third-order valence-corrected chi connectivity index (χ3v) is 5.71. The molecule has 0 saturated carbocycles. The van der Waals surface area contributed by atoms with Crippen molar-refractivity contribution in [2.24, 2.45) is 0 Å². The summed E-state index contributed by atoms with van der Waals surface area (Å²) in [4.78, 5) is 0. The van der Waals surface area contributed by atoms with Crippen LogP contribution in [0, 0.1) is 6.92 Å². The maximum Gasteiger partial charge on any atom is 0.0390 e. The molecule has 168 valence electrons. The van der Waals surface area contributed by atoms with Crippen molar-refractivity contribution in [2.75, 3.05) is 11.9 Å². The van der Waals surface area contributed by atoms with E-state index in [1.165, 1.54) is 33.0 Å².